The molecule has 0 saturated carbocycles. The zero-order valence-corrected chi connectivity index (χ0v) is 12.0. The minimum absolute atomic E-state index is 0.0306. The quantitative estimate of drug-likeness (QED) is 0.375. The Morgan fingerprint density at radius 1 is 1.35 bits per heavy atom. The summed E-state index contributed by atoms with van der Waals surface area (Å²) in [5, 5.41) is 12.0. The van der Waals surface area contributed by atoms with Gasteiger partial charge in [0.25, 0.3) is 5.91 Å². The second-order valence-corrected chi connectivity index (χ2v) is 5.30. The third-order valence-electron chi connectivity index (χ3n) is 3.92. The van der Waals surface area contributed by atoms with Crippen molar-refractivity contribution in [1.29, 1.82) is 0 Å². The van der Waals surface area contributed by atoms with Crippen LogP contribution in [-0.4, -0.2) is 34.4 Å². The molecule has 3 N–H and O–H groups in total. The first kappa shape index (κ1) is 14.4. The molecule has 1 fully saturated rings. The minimum atomic E-state index is -0.305. The van der Waals surface area contributed by atoms with E-state index in [1.165, 1.54) is 0 Å². The van der Waals surface area contributed by atoms with Gasteiger partial charge in [-0.3, -0.25) is 4.79 Å². The van der Waals surface area contributed by atoms with Crippen LogP contribution >= 0.6 is 0 Å². The molecule has 0 bridgehead atoms. The fourth-order valence-electron chi connectivity index (χ4n) is 2.84. The highest BCUT2D eigenvalue weighted by atomic mass is 16.4. The van der Waals surface area contributed by atoms with Crippen LogP contribution < -0.4 is 5.73 Å². The lowest BCUT2D eigenvalue weighted by Crippen LogP contribution is -2.50. The molecule has 1 aliphatic rings. The Morgan fingerprint density at radius 3 is 2.60 bits per heavy atom. The Kier molecular flexibility index (Phi) is 4.27. The molecule has 0 spiro atoms. The average Bonchev–Trinajstić information content (AvgIpc) is 2.46. The summed E-state index contributed by atoms with van der Waals surface area (Å²) in [6.07, 6.45) is 2.68. The van der Waals surface area contributed by atoms with Gasteiger partial charge in [0.05, 0.1) is 6.04 Å². The molecule has 0 aliphatic carbocycles. The number of oxime groups is 1. The van der Waals surface area contributed by atoms with Crippen molar-refractivity contribution >= 4 is 11.7 Å². The molecule has 0 aromatic heterocycles. The molecule has 1 aromatic carbocycles. The third-order valence-corrected chi connectivity index (χ3v) is 3.92. The highest BCUT2D eigenvalue weighted by molar-refractivity contribution is 6.00. The number of nitrogens with two attached hydrogens (primary N) is 1. The SMILES string of the molecule is Cc1cccc(C)c1C(=O)N1CCCCC1/C(N)=N/O. The fraction of sp³-hybridized carbons (Fsp3) is 0.467. The van der Waals surface area contributed by atoms with Gasteiger partial charge in [-0.25, -0.2) is 0 Å². The number of hydrogen-bond donors (Lipinski definition) is 2. The summed E-state index contributed by atoms with van der Waals surface area (Å²) in [6.45, 7) is 4.51. The van der Waals surface area contributed by atoms with Gasteiger partial charge in [-0.2, -0.15) is 0 Å². The number of carbonyl (C=O) groups excluding carboxylic acids is 1. The lowest BCUT2D eigenvalue weighted by molar-refractivity contribution is 0.0675. The smallest absolute Gasteiger partial charge is 0.255 e. The summed E-state index contributed by atoms with van der Waals surface area (Å²) in [6, 6.07) is 5.50. The van der Waals surface area contributed by atoms with Gasteiger partial charge in [0.2, 0.25) is 0 Å². The normalized spacial score (nSPS) is 20.0. The Bertz CT molecular complexity index is 520. The number of rotatable bonds is 2. The summed E-state index contributed by atoms with van der Waals surface area (Å²) in [7, 11) is 0. The number of carbonyl (C=O) groups is 1. The summed E-state index contributed by atoms with van der Waals surface area (Å²) in [4.78, 5) is 14.5. The highest BCUT2D eigenvalue weighted by Crippen LogP contribution is 2.23. The van der Waals surface area contributed by atoms with E-state index < -0.39 is 0 Å². The molecule has 1 saturated heterocycles. The monoisotopic (exact) mass is 275 g/mol. The van der Waals surface area contributed by atoms with E-state index >= 15 is 0 Å². The lowest BCUT2D eigenvalue weighted by Gasteiger charge is -2.35. The van der Waals surface area contributed by atoms with Crippen LogP contribution in [0, 0.1) is 13.8 Å². The maximum atomic E-state index is 12.8. The standard InChI is InChI=1S/C15H21N3O2/c1-10-6-5-7-11(2)13(10)15(19)18-9-4-3-8-12(18)14(16)17-20/h5-7,12,20H,3-4,8-9H2,1-2H3,(H2,16,17). The van der Waals surface area contributed by atoms with E-state index in [9.17, 15) is 4.79 Å². The van der Waals surface area contributed by atoms with Gasteiger partial charge in [-0.15, -0.1) is 0 Å². The molecular formula is C15H21N3O2. The van der Waals surface area contributed by atoms with Crippen molar-refractivity contribution in [3.05, 3.63) is 34.9 Å². The van der Waals surface area contributed by atoms with Gasteiger partial charge in [-0.1, -0.05) is 23.4 Å². The van der Waals surface area contributed by atoms with Gasteiger partial charge in [0.15, 0.2) is 5.84 Å². The van der Waals surface area contributed by atoms with Gasteiger partial charge >= 0.3 is 0 Å². The molecule has 0 radical (unpaired) electrons. The second kappa shape index (κ2) is 5.94. The number of amidine groups is 1. The fourth-order valence-corrected chi connectivity index (χ4v) is 2.84. The van der Waals surface area contributed by atoms with Crippen molar-refractivity contribution in [1.82, 2.24) is 4.90 Å². The first-order valence-corrected chi connectivity index (χ1v) is 6.91. The van der Waals surface area contributed by atoms with E-state index in [0.717, 1.165) is 36.0 Å². The third kappa shape index (κ3) is 2.61. The van der Waals surface area contributed by atoms with Crippen LogP contribution in [0.25, 0.3) is 0 Å². The van der Waals surface area contributed by atoms with E-state index in [0.29, 0.717) is 6.54 Å². The molecule has 20 heavy (non-hydrogen) atoms. The molecule has 1 unspecified atom stereocenters. The van der Waals surface area contributed by atoms with Crippen LogP contribution in [0.2, 0.25) is 0 Å². The van der Waals surface area contributed by atoms with Crippen molar-refractivity contribution in [3.8, 4) is 0 Å². The number of aryl methyl sites for hydroxylation is 2. The molecule has 108 valence electrons. The Morgan fingerprint density at radius 2 is 2.00 bits per heavy atom. The number of piperidine rings is 1. The maximum Gasteiger partial charge on any atom is 0.255 e. The summed E-state index contributed by atoms with van der Waals surface area (Å²) in [5.41, 5.74) is 8.38. The predicted molar refractivity (Wildman–Crippen MR) is 78.0 cm³/mol. The number of hydrogen-bond acceptors (Lipinski definition) is 3. The maximum absolute atomic E-state index is 12.8. The predicted octanol–water partition coefficient (Wildman–Crippen LogP) is 2.04. The molecule has 1 atom stereocenters. The molecule has 1 amide bonds. The van der Waals surface area contributed by atoms with E-state index in [2.05, 4.69) is 5.16 Å². The molecular weight excluding hydrogens is 254 g/mol. The second-order valence-electron chi connectivity index (χ2n) is 5.30. The highest BCUT2D eigenvalue weighted by Gasteiger charge is 2.31. The minimum Gasteiger partial charge on any atom is -0.409 e. The number of likely N-dealkylation sites (tertiary alicyclic amines) is 1. The van der Waals surface area contributed by atoms with Gasteiger partial charge in [0, 0.05) is 12.1 Å². The molecule has 5 nitrogen and oxygen atoms in total. The molecule has 5 heteroatoms. The Hall–Kier alpha value is -2.04. The number of benzene rings is 1. The van der Waals surface area contributed by atoms with Gasteiger partial charge in [0.1, 0.15) is 0 Å². The molecule has 1 heterocycles. The topological polar surface area (TPSA) is 78.9 Å². The zero-order chi connectivity index (χ0) is 14.7. The van der Waals surface area contributed by atoms with Gasteiger partial charge in [-0.05, 0) is 44.2 Å². The first-order valence-electron chi connectivity index (χ1n) is 6.91. The van der Waals surface area contributed by atoms with E-state index in [-0.39, 0.29) is 17.8 Å². The summed E-state index contributed by atoms with van der Waals surface area (Å²) >= 11 is 0. The van der Waals surface area contributed by atoms with Crippen LogP contribution in [0.1, 0.15) is 40.7 Å². The van der Waals surface area contributed by atoms with Crippen LogP contribution in [0.4, 0.5) is 0 Å². The van der Waals surface area contributed by atoms with Gasteiger partial charge < -0.3 is 15.8 Å². The number of nitrogens with zero attached hydrogens (tertiary/aromatic N) is 2. The summed E-state index contributed by atoms with van der Waals surface area (Å²) in [5.74, 6) is 0.0844. The van der Waals surface area contributed by atoms with E-state index in [4.69, 9.17) is 10.9 Å². The van der Waals surface area contributed by atoms with E-state index in [1.54, 1.807) is 4.90 Å². The first-order chi connectivity index (χ1) is 9.56. The Balaban J connectivity index is 2.35. The largest absolute Gasteiger partial charge is 0.409 e. The number of amides is 1. The zero-order valence-electron chi connectivity index (χ0n) is 12.0. The van der Waals surface area contributed by atoms with E-state index in [1.807, 2.05) is 32.0 Å². The Labute approximate surface area is 119 Å². The van der Waals surface area contributed by atoms with Crippen LogP contribution in [-0.2, 0) is 0 Å². The van der Waals surface area contributed by atoms with Crippen LogP contribution in [0.15, 0.2) is 23.4 Å². The average molecular weight is 275 g/mol. The van der Waals surface area contributed by atoms with Crippen molar-refractivity contribution < 1.29 is 10.0 Å². The van der Waals surface area contributed by atoms with Crippen LogP contribution in [0.3, 0.4) is 0 Å². The van der Waals surface area contributed by atoms with Crippen molar-refractivity contribution in [2.45, 2.75) is 39.2 Å². The molecule has 2 rings (SSSR count). The van der Waals surface area contributed by atoms with Crippen molar-refractivity contribution in [2.24, 2.45) is 10.9 Å². The molecule has 1 aliphatic heterocycles. The molecule has 1 aromatic rings. The van der Waals surface area contributed by atoms with Crippen molar-refractivity contribution in [2.75, 3.05) is 6.54 Å². The van der Waals surface area contributed by atoms with Crippen LogP contribution in [0.5, 0.6) is 0 Å². The van der Waals surface area contributed by atoms with Crippen molar-refractivity contribution in [3.63, 3.8) is 0 Å². The lowest BCUT2D eigenvalue weighted by atomic mass is 9.96. The summed E-state index contributed by atoms with van der Waals surface area (Å²) < 4.78 is 0.